The van der Waals surface area contributed by atoms with Crippen LogP contribution in [0.15, 0.2) is 46.9 Å². The largest absolute Gasteiger partial charge is 0.0587 e. The van der Waals surface area contributed by atoms with Gasteiger partial charge in [0.2, 0.25) is 0 Å². The van der Waals surface area contributed by atoms with Gasteiger partial charge in [0, 0.05) is 10.4 Å². The maximum absolute atomic E-state index is 3.54. The molecule has 0 radical (unpaired) electrons. The summed E-state index contributed by atoms with van der Waals surface area (Å²) in [6.07, 6.45) is 2.31. The maximum Gasteiger partial charge on any atom is 0.0181 e. The molecule has 0 spiro atoms. The second kappa shape index (κ2) is 4.40. The first-order valence-corrected chi connectivity index (χ1v) is 7.02. The van der Waals surface area contributed by atoms with Crippen molar-refractivity contribution in [1.29, 1.82) is 0 Å². The van der Waals surface area contributed by atoms with E-state index in [0.717, 1.165) is 4.47 Å². The lowest BCUT2D eigenvalue weighted by atomic mass is 9.93. The Labute approximate surface area is 116 Å². The minimum absolute atomic E-state index is 0.482. The van der Waals surface area contributed by atoms with Gasteiger partial charge in [-0.2, -0.15) is 0 Å². The molecule has 90 valence electrons. The molecule has 0 nitrogen and oxygen atoms in total. The van der Waals surface area contributed by atoms with E-state index in [4.69, 9.17) is 0 Å². The quantitative estimate of drug-likeness (QED) is 0.660. The number of aryl methyl sites for hydroxylation is 1. The zero-order valence-corrected chi connectivity index (χ0v) is 12.2. The fraction of sp³-hybridized carbons (Fsp3) is 0.176. The lowest BCUT2D eigenvalue weighted by Gasteiger charge is -2.11. The van der Waals surface area contributed by atoms with Gasteiger partial charge < -0.3 is 0 Å². The van der Waals surface area contributed by atoms with Gasteiger partial charge in [-0.05, 0) is 41.3 Å². The molecule has 1 heteroatoms. The van der Waals surface area contributed by atoms with Crippen molar-refractivity contribution in [3.05, 3.63) is 69.2 Å². The minimum Gasteiger partial charge on any atom is -0.0587 e. The summed E-state index contributed by atoms with van der Waals surface area (Å²) in [7, 11) is 0. The Kier molecular flexibility index (Phi) is 2.87. The molecule has 2 aromatic carbocycles. The van der Waals surface area contributed by atoms with Crippen LogP contribution in [-0.4, -0.2) is 0 Å². The van der Waals surface area contributed by atoms with Crippen molar-refractivity contribution in [2.24, 2.45) is 0 Å². The van der Waals surface area contributed by atoms with E-state index < -0.39 is 0 Å². The highest BCUT2D eigenvalue weighted by atomic mass is 79.9. The molecule has 1 unspecified atom stereocenters. The first-order valence-electron chi connectivity index (χ1n) is 6.23. The molecule has 0 amide bonds. The molecule has 2 aromatic rings. The molecule has 0 saturated carbocycles. The van der Waals surface area contributed by atoms with Gasteiger partial charge in [0.25, 0.3) is 0 Å². The number of rotatable bonds is 1. The molecule has 0 aromatic heterocycles. The highest BCUT2D eigenvalue weighted by molar-refractivity contribution is 9.10. The molecule has 1 atom stereocenters. The van der Waals surface area contributed by atoms with Crippen molar-refractivity contribution in [3.8, 4) is 0 Å². The molecule has 1 aliphatic carbocycles. The molecule has 0 bridgehead atoms. The lowest BCUT2D eigenvalue weighted by Crippen LogP contribution is -1.93. The van der Waals surface area contributed by atoms with Crippen LogP contribution in [0.4, 0.5) is 0 Å². The average molecular weight is 299 g/mol. The van der Waals surface area contributed by atoms with E-state index in [2.05, 4.69) is 78.3 Å². The van der Waals surface area contributed by atoms with Gasteiger partial charge in [-0.15, -0.1) is 0 Å². The van der Waals surface area contributed by atoms with Crippen molar-refractivity contribution in [2.75, 3.05) is 0 Å². The molecule has 1 aliphatic rings. The molecule has 0 saturated heterocycles. The van der Waals surface area contributed by atoms with Gasteiger partial charge in [-0.3, -0.25) is 0 Å². The second-order valence-corrected chi connectivity index (χ2v) is 5.88. The standard InChI is InChI=1S/C17H15Br/c1-11-3-5-13(6-4-11)17-10-14-9-15(18)7-8-16(14)12(17)2/h3-10,12H,1-2H3. The lowest BCUT2D eigenvalue weighted by molar-refractivity contribution is 1.01. The van der Waals surface area contributed by atoms with Crippen molar-refractivity contribution < 1.29 is 0 Å². The summed E-state index contributed by atoms with van der Waals surface area (Å²) >= 11 is 3.54. The van der Waals surface area contributed by atoms with Crippen LogP contribution >= 0.6 is 15.9 Å². The third-order valence-electron chi connectivity index (χ3n) is 3.68. The molecule has 3 rings (SSSR count). The van der Waals surface area contributed by atoms with Gasteiger partial charge in [-0.25, -0.2) is 0 Å². The Hall–Kier alpha value is -1.34. The van der Waals surface area contributed by atoms with Gasteiger partial charge >= 0.3 is 0 Å². The fourth-order valence-corrected chi connectivity index (χ4v) is 2.98. The third-order valence-corrected chi connectivity index (χ3v) is 4.17. The highest BCUT2D eigenvalue weighted by Gasteiger charge is 2.22. The minimum atomic E-state index is 0.482. The molecular weight excluding hydrogens is 284 g/mol. The number of benzene rings is 2. The summed E-state index contributed by atoms with van der Waals surface area (Å²) in [4.78, 5) is 0. The molecule has 0 heterocycles. The Balaban J connectivity index is 2.06. The third kappa shape index (κ3) is 1.93. The van der Waals surface area contributed by atoms with Crippen LogP contribution < -0.4 is 0 Å². The Morgan fingerprint density at radius 2 is 1.72 bits per heavy atom. The topological polar surface area (TPSA) is 0 Å². The van der Waals surface area contributed by atoms with Crippen LogP contribution in [0, 0.1) is 6.92 Å². The van der Waals surface area contributed by atoms with E-state index in [9.17, 15) is 0 Å². The zero-order valence-electron chi connectivity index (χ0n) is 10.6. The Morgan fingerprint density at radius 3 is 2.44 bits per heavy atom. The highest BCUT2D eigenvalue weighted by Crippen LogP contribution is 2.42. The summed E-state index contributed by atoms with van der Waals surface area (Å²) in [5.74, 6) is 0.482. The van der Waals surface area contributed by atoms with Crippen molar-refractivity contribution >= 4 is 27.6 Å². The second-order valence-electron chi connectivity index (χ2n) is 4.96. The van der Waals surface area contributed by atoms with Crippen LogP contribution in [0.1, 0.15) is 35.1 Å². The summed E-state index contributed by atoms with van der Waals surface area (Å²) in [5, 5.41) is 0. The fourth-order valence-electron chi connectivity index (χ4n) is 2.60. The van der Waals surface area contributed by atoms with E-state index in [-0.39, 0.29) is 0 Å². The van der Waals surface area contributed by atoms with Crippen LogP contribution in [0.3, 0.4) is 0 Å². The normalized spacial score (nSPS) is 17.5. The molecule has 0 aliphatic heterocycles. The summed E-state index contributed by atoms with van der Waals surface area (Å²) in [6, 6.07) is 15.4. The number of hydrogen-bond acceptors (Lipinski definition) is 0. The predicted octanol–water partition coefficient (Wildman–Crippen LogP) is 5.42. The van der Waals surface area contributed by atoms with Crippen molar-refractivity contribution in [1.82, 2.24) is 0 Å². The number of fused-ring (bicyclic) bond motifs is 1. The molecule has 18 heavy (non-hydrogen) atoms. The van der Waals surface area contributed by atoms with Gasteiger partial charge in [0.15, 0.2) is 0 Å². The molecular formula is C17H15Br. The van der Waals surface area contributed by atoms with Crippen LogP contribution in [0.25, 0.3) is 11.6 Å². The molecule has 0 fully saturated rings. The summed E-state index contributed by atoms with van der Waals surface area (Å²) in [5.41, 5.74) is 6.83. The summed E-state index contributed by atoms with van der Waals surface area (Å²) in [6.45, 7) is 4.41. The number of allylic oxidation sites excluding steroid dienone is 1. The smallest absolute Gasteiger partial charge is 0.0181 e. The van der Waals surface area contributed by atoms with E-state index in [0.29, 0.717) is 5.92 Å². The first-order chi connectivity index (χ1) is 8.65. The predicted molar refractivity (Wildman–Crippen MR) is 81.6 cm³/mol. The zero-order chi connectivity index (χ0) is 12.7. The summed E-state index contributed by atoms with van der Waals surface area (Å²) < 4.78 is 1.15. The Bertz CT molecular complexity index is 621. The molecule has 0 N–H and O–H groups in total. The van der Waals surface area contributed by atoms with Crippen molar-refractivity contribution in [3.63, 3.8) is 0 Å². The SMILES string of the molecule is Cc1ccc(C2=Cc3cc(Br)ccc3C2C)cc1. The first kappa shape index (κ1) is 11.7. The van der Waals surface area contributed by atoms with Crippen LogP contribution in [-0.2, 0) is 0 Å². The Morgan fingerprint density at radius 1 is 1.00 bits per heavy atom. The average Bonchev–Trinajstić information content (AvgIpc) is 2.67. The van der Waals surface area contributed by atoms with Crippen molar-refractivity contribution in [2.45, 2.75) is 19.8 Å². The van der Waals surface area contributed by atoms with E-state index in [1.165, 1.54) is 27.8 Å². The van der Waals surface area contributed by atoms with E-state index in [1.54, 1.807) is 0 Å². The van der Waals surface area contributed by atoms with E-state index >= 15 is 0 Å². The van der Waals surface area contributed by atoms with Crippen LogP contribution in [0.2, 0.25) is 0 Å². The number of halogens is 1. The monoisotopic (exact) mass is 298 g/mol. The van der Waals surface area contributed by atoms with Gasteiger partial charge in [0.05, 0.1) is 0 Å². The maximum atomic E-state index is 3.54. The van der Waals surface area contributed by atoms with E-state index in [1.807, 2.05) is 0 Å². The van der Waals surface area contributed by atoms with Gasteiger partial charge in [0.1, 0.15) is 0 Å². The van der Waals surface area contributed by atoms with Gasteiger partial charge in [-0.1, -0.05) is 64.8 Å². The number of hydrogen-bond donors (Lipinski definition) is 0. The van der Waals surface area contributed by atoms with Crippen LogP contribution in [0.5, 0.6) is 0 Å².